The monoisotopic (exact) mass is 275 g/mol. The summed E-state index contributed by atoms with van der Waals surface area (Å²) in [4.78, 5) is 0. The highest BCUT2D eigenvalue weighted by Crippen LogP contribution is 2.18. The summed E-state index contributed by atoms with van der Waals surface area (Å²) in [6.07, 6.45) is 0. The normalized spacial score (nSPS) is 10.4. The second-order valence-corrected chi connectivity index (χ2v) is 4.71. The molecule has 0 atom stereocenters. The van der Waals surface area contributed by atoms with Gasteiger partial charge in [0.2, 0.25) is 0 Å². The van der Waals surface area contributed by atoms with Crippen LogP contribution in [0.5, 0.6) is 0 Å². The number of rotatable bonds is 6. The smallest absolute Gasteiger partial charge is 0.0736 e. The lowest BCUT2D eigenvalue weighted by Crippen LogP contribution is -2.03. The van der Waals surface area contributed by atoms with E-state index in [2.05, 4.69) is 23.5 Å². The van der Waals surface area contributed by atoms with Crippen molar-refractivity contribution >= 4 is 17.3 Å². The summed E-state index contributed by atoms with van der Waals surface area (Å²) in [6, 6.07) is 16.1. The molecule has 0 saturated carbocycles. The summed E-state index contributed by atoms with van der Waals surface area (Å²) >= 11 is 5.98. The van der Waals surface area contributed by atoms with Crippen LogP contribution in [0.25, 0.3) is 0 Å². The van der Waals surface area contributed by atoms with E-state index in [1.54, 1.807) is 0 Å². The molecule has 2 aromatic carbocycles. The highest BCUT2D eigenvalue weighted by atomic mass is 35.5. The maximum absolute atomic E-state index is 5.98. The van der Waals surface area contributed by atoms with Crippen molar-refractivity contribution in [3.05, 3.63) is 64.7 Å². The zero-order valence-electron chi connectivity index (χ0n) is 11.0. The molecule has 0 heterocycles. The van der Waals surface area contributed by atoms with Gasteiger partial charge in [-0.25, -0.2) is 0 Å². The summed E-state index contributed by atoms with van der Waals surface area (Å²) in [5.74, 6) is 0. The van der Waals surface area contributed by atoms with Gasteiger partial charge in [0.05, 0.1) is 6.61 Å². The van der Waals surface area contributed by atoms with Crippen molar-refractivity contribution in [3.8, 4) is 0 Å². The lowest BCUT2D eigenvalue weighted by molar-refractivity contribution is 0.134. The fraction of sp³-hybridized carbons (Fsp3) is 0.250. The van der Waals surface area contributed by atoms with Gasteiger partial charge in [0.15, 0.2) is 0 Å². The summed E-state index contributed by atoms with van der Waals surface area (Å²) in [6.45, 7) is 4.11. The van der Waals surface area contributed by atoms with E-state index < -0.39 is 0 Å². The Balaban J connectivity index is 2.02. The van der Waals surface area contributed by atoms with Gasteiger partial charge in [-0.3, -0.25) is 0 Å². The molecule has 0 fully saturated rings. The van der Waals surface area contributed by atoms with Gasteiger partial charge in [-0.15, -0.1) is 0 Å². The molecular weight excluding hydrogens is 258 g/mol. The van der Waals surface area contributed by atoms with E-state index in [1.165, 1.54) is 11.1 Å². The molecule has 0 unspecified atom stereocenters. The fourth-order valence-electron chi connectivity index (χ4n) is 1.87. The van der Waals surface area contributed by atoms with Crippen LogP contribution in [0.15, 0.2) is 48.5 Å². The quantitative estimate of drug-likeness (QED) is 0.839. The van der Waals surface area contributed by atoms with Gasteiger partial charge in [0.1, 0.15) is 0 Å². The number of nitrogens with one attached hydrogen (secondary N) is 1. The van der Waals surface area contributed by atoms with Crippen LogP contribution in [0.4, 0.5) is 5.69 Å². The molecule has 0 amide bonds. The molecule has 0 aliphatic carbocycles. The molecule has 100 valence electrons. The first-order chi connectivity index (χ1) is 9.29. The Morgan fingerprint density at radius 3 is 2.74 bits per heavy atom. The van der Waals surface area contributed by atoms with Gasteiger partial charge in [0, 0.05) is 29.4 Å². The standard InChI is InChI=1S/C16H18ClNO/c1-2-19-12-14-7-3-4-9-16(14)18-11-13-6-5-8-15(17)10-13/h3-10,18H,2,11-12H2,1H3. The second-order valence-electron chi connectivity index (χ2n) is 4.28. The number of hydrogen-bond acceptors (Lipinski definition) is 2. The molecule has 0 spiro atoms. The molecule has 0 saturated heterocycles. The van der Waals surface area contributed by atoms with Gasteiger partial charge in [-0.1, -0.05) is 41.9 Å². The average Bonchev–Trinajstić information content (AvgIpc) is 2.44. The van der Waals surface area contributed by atoms with Crippen LogP contribution in [-0.2, 0) is 17.9 Å². The van der Waals surface area contributed by atoms with E-state index in [4.69, 9.17) is 16.3 Å². The number of hydrogen-bond donors (Lipinski definition) is 1. The van der Waals surface area contributed by atoms with Gasteiger partial charge in [-0.05, 0) is 30.7 Å². The van der Waals surface area contributed by atoms with E-state index in [9.17, 15) is 0 Å². The topological polar surface area (TPSA) is 21.3 Å². The van der Waals surface area contributed by atoms with Gasteiger partial charge < -0.3 is 10.1 Å². The molecule has 1 N–H and O–H groups in total. The zero-order chi connectivity index (χ0) is 13.5. The predicted octanol–water partition coefficient (Wildman–Crippen LogP) is 4.49. The first-order valence-electron chi connectivity index (χ1n) is 6.43. The van der Waals surface area contributed by atoms with Crippen LogP contribution in [-0.4, -0.2) is 6.61 Å². The first kappa shape index (κ1) is 13.9. The van der Waals surface area contributed by atoms with Crippen molar-refractivity contribution in [2.24, 2.45) is 0 Å². The van der Waals surface area contributed by atoms with Crippen LogP contribution in [0.3, 0.4) is 0 Å². The van der Waals surface area contributed by atoms with Crippen LogP contribution >= 0.6 is 11.6 Å². The Bertz CT molecular complexity index is 528. The third-order valence-corrected chi connectivity index (χ3v) is 3.09. The number of anilines is 1. The van der Waals surface area contributed by atoms with E-state index in [1.807, 2.05) is 37.3 Å². The second kappa shape index (κ2) is 7.17. The lowest BCUT2D eigenvalue weighted by Gasteiger charge is -2.12. The summed E-state index contributed by atoms with van der Waals surface area (Å²) in [7, 11) is 0. The zero-order valence-corrected chi connectivity index (χ0v) is 11.8. The summed E-state index contributed by atoms with van der Waals surface area (Å²) in [5, 5.41) is 4.19. The van der Waals surface area contributed by atoms with E-state index >= 15 is 0 Å². The molecule has 0 aliphatic heterocycles. The molecule has 2 rings (SSSR count). The number of para-hydroxylation sites is 1. The maximum atomic E-state index is 5.98. The molecule has 0 radical (unpaired) electrons. The summed E-state index contributed by atoms with van der Waals surface area (Å²) in [5.41, 5.74) is 3.45. The maximum Gasteiger partial charge on any atom is 0.0736 e. The van der Waals surface area contributed by atoms with Gasteiger partial charge in [0.25, 0.3) is 0 Å². The summed E-state index contributed by atoms with van der Waals surface area (Å²) < 4.78 is 5.47. The molecule has 19 heavy (non-hydrogen) atoms. The molecule has 3 heteroatoms. The Morgan fingerprint density at radius 2 is 1.95 bits per heavy atom. The molecule has 2 aromatic rings. The van der Waals surface area contributed by atoms with Crippen LogP contribution in [0.1, 0.15) is 18.1 Å². The van der Waals surface area contributed by atoms with E-state index in [0.717, 1.165) is 23.9 Å². The van der Waals surface area contributed by atoms with Crippen LogP contribution in [0, 0.1) is 0 Å². The Morgan fingerprint density at radius 1 is 1.11 bits per heavy atom. The third-order valence-electron chi connectivity index (χ3n) is 2.85. The molecule has 0 aromatic heterocycles. The van der Waals surface area contributed by atoms with Crippen molar-refractivity contribution in [1.82, 2.24) is 0 Å². The average molecular weight is 276 g/mol. The molecule has 2 nitrogen and oxygen atoms in total. The SMILES string of the molecule is CCOCc1ccccc1NCc1cccc(Cl)c1. The van der Waals surface area contributed by atoms with Gasteiger partial charge in [-0.2, -0.15) is 0 Å². The van der Waals surface area contributed by atoms with Crippen molar-refractivity contribution < 1.29 is 4.74 Å². The largest absolute Gasteiger partial charge is 0.381 e. The van der Waals surface area contributed by atoms with Crippen molar-refractivity contribution in [2.75, 3.05) is 11.9 Å². The van der Waals surface area contributed by atoms with Crippen molar-refractivity contribution in [2.45, 2.75) is 20.1 Å². The molecule has 0 aliphatic rings. The number of halogens is 1. The van der Waals surface area contributed by atoms with Crippen molar-refractivity contribution in [1.29, 1.82) is 0 Å². The number of ether oxygens (including phenoxy) is 1. The lowest BCUT2D eigenvalue weighted by atomic mass is 10.1. The minimum absolute atomic E-state index is 0.634. The highest BCUT2D eigenvalue weighted by molar-refractivity contribution is 6.30. The number of benzene rings is 2. The minimum Gasteiger partial charge on any atom is -0.381 e. The predicted molar refractivity (Wildman–Crippen MR) is 80.6 cm³/mol. The Labute approximate surface area is 119 Å². The highest BCUT2D eigenvalue weighted by Gasteiger charge is 2.01. The minimum atomic E-state index is 0.634. The van der Waals surface area contributed by atoms with E-state index in [0.29, 0.717) is 6.61 Å². The first-order valence-corrected chi connectivity index (χ1v) is 6.81. The molecule has 0 bridgehead atoms. The third kappa shape index (κ3) is 4.27. The molecular formula is C16H18ClNO. The Kier molecular flexibility index (Phi) is 5.25. The fourth-order valence-corrected chi connectivity index (χ4v) is 2.09. The van der Waals surface area contributed by atoms with E-state index in [-0.39, 0.29) is 0 Å². The Hall–Kier alpha value is -1.51. The van der Waals surface area contributed by atoms with Crippen LogP contribution < -0.4 is 5.32 Å². The van der Waals surface area contributed by atoms with Crippen LogP contribution in [0.2, 0.25) is 5.02 Å². The van der Waals surface area contributed by atoms with Crippen molar-refractivity contribution in [3.63, 3.8) is 0 Å². The van der Waals surface area contributed by atoms with Gasteiger partial charge >= 0.3 is 0 Å².